The molecular weight excluding hydrogens is 501 g/mol. The average molecular weight is 519 g/mol. The van der Waals surface area contributed by atoms with Gasteiger partial charge in [0.15, 0.2) is 18.2 Å². The van der Waals surface area contributed by atoms with Gasteiger partial charge < -0.3 is 20.9 Å². The van der Waals surface area contributed by atoms with Crippen LogP contribution in [0, 0.1) is 0 Å². The van der Waals surface area contributed by atoms with E-state index in [2.05, 4.69) is 43.1 Å². The quantitative estimate of drug-likeness (QED) is 0.194. The van der Waals surface area contributed by atoms with Crippen molar-refractivity contribution in [2.45, 2.75) is 4.43 Å². The number of aromatic amines is 1. The summed E-state index contributed by atoms with van der Waals surface area (Å²) in [7, 11) is 0. The lowest BCUT2D eigenvalue weighted by atomic mass is 10.2. The van der Waals surface area contributed by atoms with Crippen LogP contribution in [-0.4, -0.2) is 40.0 Å². The lowest BCUT2D eigenvalue weighted by Gasteiger charge is -2.06. The Balaban J connectivity index is 1.85. The number of hydrogen-bond acceptors (Lipinski definition) is 6. The van der Waals surface area contributed by atoms with Crippen LogP contribution in [-0.2, 0) is 9.22 Å². The number of carbonyl (C=O) groups excluding carboxylic acids is 1. The van der Waals surface area contributed by atoms with Crippen LogP contribution in [0.4, 0.5) is 17.3 Å². The molecule has 1 heterocycles. The number of aliphatic carboxylic acids is 1. The Morgan fingerprint density at radius 2 is 1.97 bits per heavy atom. The summed E-state index contributed by atoms with van der Waals surface area (Å²) in [5.74, 6) is -1.02. The highest BCUT2D eigenvalue weighted by Gasteiger charge is 2.18. The summed E-state index contributed by atoms with van der Waals surface area (Å²) in [6, 6.07) is 14.5. The monoisotopic (exact) mass is 519 g/mol. The topological polar surface area (TPSA) is 143 Å². The molecule has 0 radical (unpaired) electrons. The number of carboxylic acid groups (broad SMARTS) is 1. The predicted octanol–water partition coefficient (Wildman–Crippen LogP) is 3.40. The lowest BCUT2D eigenvalue weighted by molar-refractivity contribution is -0.139. The normalized spacial score (nSPS) is 10.8. The van der Waals surface area contributed by atoms with E-state index in [1.165, 1.54) is 11.8 Å². The Labute approximate surface area is 185 Å². The largest absolute Gasteiger partial charge is 0.481 e. The molecule has 30 heavy (non-hydrogen) atoms. The van der Waals surface area contributed by atoms with E-state index < -0.39 is 18.5 Å². The number of nitrogens with one attached hydrogen (secondary N) is 2. The summed E-state index contributed by atoms with van der Waals surface area (Å²) in [6.07, 6.45) is 1.44. The van der Waals surface area contributed by atoms with E-state index in [0.717, 1.165) is 10.1 Å². The van der Waals surface area contributed by atoms with Crippen molar-refractivity contribution in [2.75, 3.05) is 11.9 Å². The van der Waals surface area contributed by atoms with Gasteiger partial charge in [0.1, 0.15) is 11.3 Å². The third-order valence-corrected chi connectivity index (χ3v) is 4.85. The first-order chi connectivity index (χ1) is 14.5. The number of carboxylic acids is 1. The van der Waals surface area contributed by atoms with Gasteiger partial charge in [-0.05, 0) is 29.8 Å². The number of nitrogens with two attached hydrogens (primary N) is 1. The van der Waals surface area contributed by atoms with Crippen LogP contribution in [0.2, 0.25) is 0 Å². The highest BCUT2D eigenvalue weighted by atomic mass is 127. The van der Waals surface area contributed by atoms with E-state index in [1.54, 1.807) is 24.3 Å². The summed E-state index contributed by atoms with van der Waals surface area (Å²) >= 11 is 2.28. The molecule has 1 aromatic heterocycles. The summed E-state index contributed by atoms with van der Waals surface area (Å²) in [4.78, 5) is 27.0. The van der Waals surface area contributed by atoms with Gasteiger partial charge in [0.25, 0.3) is 5.91 Å². The van der Waals surface area contributed by atoms with Crippen LogP contribution in [0.15, 0.2) is 53.5 Å². The zero-order valence-corrected chi connectivity index (χ0v) is 17.8. The number of amides is 1. The molecule has 0 saturated heterocycles. The standard InChI is InChI=1S/C20H18IN5O4/c21-9-12-5-7-14(8-6-12)24-20-17(18(22)29)19(25-26-20)23-10-13-3-1-2-4-15(13)30-11-16(27)28/h1-8,10H,9,11H2,(H2,22,29)(H,27,28)(H2,24,25,26)/b23-10+. The second kappa shape index (κ2) is 9.87. The van der Waals surface area contributed by atoms with E-state index >= 15 is 0 Å². The Morgan fingerprint density at radius 1 is 1.23 bits per heavy atom. The zero-order valence-electron chi connectivity index (χ0n) is 15.6. The highest BCUT2D eigenvalue weighted by molar-refractivity contribution is 14.1. The van der Waals surface area contributed by atoms with Gasteiger partial charge in [-0.25, -0.2) is 9.79 Å². The van der Waals surface area contributed by atoms with Gasteiger partial charge in [-0.3, -0.25) is 9.89 Å². The molecule has 0 bridgehead atoms. The second-order valence-corrected chi connectivity index (χ2v) is 6.86. The first kappa shape index (κ1) is 21.3. The van der Waals surface area contributed by atoms with Crippen molar-refractivity contribution >= 4 is 58.0 Å². The number of alkyl halides is 1. The molecule has 9 nitrogen and oxygen atoms in total. The summed E-state index contributed by atoms with van der Waals surface area (Å²) in [5.41, 5.74) is 8.10. The Kier molecular flexibility index (Phi) is 7.01. The van der Waals surface area contributed by atoms with Crippen molar-refractivity contribution in [3.8, 4) is 5.75 Å². The predicted molar refractivity (Wildman–Crippen MR) is 121 cm³/mol. The fourth-order valence-electron chi connectivity index (χ4n) is 2.56. The summed E-state index contributed by atoms with van der Waals surface area (Å²) in [5, 5.41) is 18.7. The number of nitrogens with zero attached hydrogens (tertiary/aromatic N) is 2. The number of aliphatic imine (C=N–C) groups is 1. The zero-order chi connectivity index (χ0) is 21.5. The number of primary amides is 1. The van der Waals surface area contributed by atoms with Gasteiger partial charge in [-0.15, -0.1) is 0 Å². The first-order valence-corrected chi connectivity index (χ1v) is 10.3. The minimum Gasteiger partial charge on any atom is -0.481 e. The molecule has 0 spiro atoms. The molecule has 3 rings (SSSR count). The van der Waals surface area contributed by atoms with E-state index in [-0.39, 0.29) is 17.2 Å². The van der Waals surface area contributed by atoms with Gasteiger partial charge in [0.2, 0.25) is 0 Å². The van der Waals surface area contributed by atoms with Crippen molar-refractivity contribution < 1.29 is 19.4 Å². The molecule has 0 fully saturated rings. The number of ether oxygens (including phenoxy) is 1. The molecule has 0 aliphatic heterocycles. The minimum atomic E-state index is -1.09. The van der Waals surface area contributed by atoms with E-state index in [0.29, 0.717) is 11.3 Å². The van der Waals surface area contributed by atoms with Gasteiger partial charge in [-0.1, -0.05) is 46.9 Å². The first-order valence-electron chi connectivity index (χ1n) is 8.75. The molecule has 5 N–H and O–H groups in total. The van der Waals surface area contributed by atoms with Gasteiger partial charge in [-0.2, -0.15) is 5.10 Å². The summed E-state index contributed by atoms with van der Waals surface area (Å²) < 4.78 is 6.14. The van der Waals surface area contributed by atoms with Crippen LogP contribution in [0.5, 0.6) is 5.75 Å². The Bertz CT molecular complexity index is 1080. The molecule has 154 valence electrons. The third-order valence-electron chi connectivity index (χ3n) is 3.97. The van der Waals surface area contributed by atoms with Gasteiger partial charge in [0.05, 0.1) is 0 Å². The second-order valence-electron chi connectivity index (χ2n) is 6.09. The third kappa shape index (κ3) is 5.35. The molecule has 0 unspecified atom stereocenters. The fraction of sp³-hybridized carbons (Fsp3) is 0.100. The van der Waals surface area contributed by atoms with E-state index in [9.17, 15) is 9.59 Å². The van der Waals surface area contributed by atoms with Crippen LogP contribution < -0.4 is 15.8 Å². The Morgan fingerprint density at radius 3 is 2.63 bits per heavy atom. The van der Waals surface area contributed by atoms with Crippen LogP contribution in [0.25, 0.3) is 0 Å². The molecule has 1 amide bonds. The molecule has 10 heteroatoms. The number of rotatable bonds is 9. The maximum Gasteiger partial charge on any atom is 0.341 e. The number of carbonyl (C=O) groups is 2. The van der Waals surface area contributed by atoms with E-state index in [1.807, 2.05) is 24.3 Å². The fourth-order valence-corrected chi connectivity index (χ4v) is 3.06. The van der Waals surface area contributed by atoms with Crippen LogP contribution >= 0.6 is 22.6 Å². The molecule has 3 aromatic rings. The van der Waals surface area contributed by atoms with E-state index in [4.69, 9.17) is 15.6 Å². The van der Waals surface area contributed by atoms with Crippen LogP contribution in [0.1, 0.15) is 21.5 Å². The number of benzene rings is 2. The Hall–Kier alpha value is -3.41. The number of hydrogen-bond donors (Lipinski definition) is 4. The highest BCUT2D eigenvalue weighted by Crippen LogP contribution is 2.27. The van der Waals surface area contributed by atoms with Gasteiger partial charge >= 0.3 is 5.97 Å². The summed E-state index contributed by atoms with van der Waals surface area (Å²) in [6.45, 7) is -0.480. The molecule has 0 saturated carbocycles. The van der Waals surface area contributed by atoms with Crippen molar-refractivity contribution in [1.29, 1.82) is 0 Å². The molecule has 0 atom stereocenters. The maximum atomic E-state index is 12.0. The SMILES string of the molecule is NC(=O)c1c(Nc2ccc(CI)cc2)n[nH]c1/N=C/c1ccccc1OCC(=O)O. The number of H-pyrrole nitrogens is 1. The number of halogens is 1. The van der Waals surface area contributed by atoms with Crippen LogP contribution in [0.3, 0.4) is 0 Å². The molecular formula is C20H18IN5O4. The smallest absolute Gasteiger partial charge is 0.341 e. The van der Waals surface area contributed by atoms with Crippen molar-refractivity contribution in [1.82, 2.24) is 10.2 Å². The lowest BCUT2D eigenvalue weighted by Crippen LogP contribution is -2.12. The minimum absolute atomic E-state index is 0.105. The molecule has 0 aliphatic rings. The number of aromatic nitrogens is 2. The maximum absolute atomic E-state index is 12.0. The number of para-hydroxylation sites is 1. The van der Waals surface area contributed by atoms with Crippen molar-refractivity contribution in [2.24, 2.45) is 10.7 Å². The van der Waals surface area contributed by atoms with Crippen molar-refractivity contribution in [3.63, 3.8) is 0 Å². The molecule has 2 aromatic carbocycles. The average Bonchev–Trinajstić information content (AvgIpc) is 3.14. The van der Waals surface area contributed by atoms with Gasteiger partial charge in [0, 0.05) is 21.9 Å². The number of anilines is 2. The van der Waals surface area contributed by atoms with Crippen molar-refractivity contribution in [3.05, 3.63) is 65.2 Å². The molecule has 0 aliphatic carbocycles.